The molecule has 0 bridgehead atoms. The molecule has 0 atom stereocenters. The van der Waals surface area contributed by atoms with Crippen molar-refractivity contribution in [3.05, 3.63) is 29.8 Å². The third-order valence-corrected chi connectivity index (χ3v) is 1.72. The van der Waals surface area contributed by atoms with Crippen molar-refractivity contribution in [2.24, 2.45) is 0 Å². The van der Waals surface area contributed by atoms with E-state index in [0.29, 0.717) is 5.69 Å². The van der Waals surface area contributed by atoms with E-state index in [-0.39, 0.29) is 5.56 Å². The second-order valence-electron chi connectivity index (χ2n) is 2.08. The molecule has 5 heteroatoms. The minimum Gasteiger partial charge on any atom is -0.477 e. The Hall–Kier alpha value is -1.07. The van der Waals surface area contributed by atoms with Crippen LogP contribution in [0.4, 0.5) is 5.69 Å². The van der Waals surface area contributed by atoms with Crippen LogP contribution in [-0.2, 0) is 25.2 Å². The van der Waals surface area contributed by atoms with E-state index < -0.39 is 5.97 Å². The number of aromatic carboxylic acids is 1. The minimum absolute atomic E-state index is 0.127. The molecule has 1 rings (SSSR count). The van der Waals surface area contributed by atoms with Crippen molar-refractivity contribution in [2.75, 3.05) is 0 Å². The summed E-state index contributed by atoms with van der Waals surface area (Å²) in [6, 6.07) is 6.35. The first-order chi connectivity index (χ1) is 5.63. The van der Waals surface area contributed by atoms with Crippen molar-refractivity contribution in [3.8, 4) is 0 Å². The predicted octanol–water partition coefficient (Wildman–Crippen LogP) is 1.22. The molecule has 62 valence electrons. The summed E-state index contributed by atoms with van der Waals surface area (Å²) < 4.78 is 0.948. The lowest BCUT2D eigenvalue weighted by molar-refractivity contribution is -0.197. The molecule has 0 unspecified atom stereocenters. The van der Waals surface area contributed by atoms with Gasteiger partial charge in [-0.15, -0.1) is 0 Å². The molecule has 0 amide bonds. The zero-order valence-corrected chi connectivity index (χ0v) is 7.56. The first-order valence-electron chi connectivity index (χ1n) is 3.09. The molecule has 0 aliphatic rings. The van der Waals surface area contributed by atoms with Crippen LogP contribution in [0.1, 0.15) is 10.4 Å². The van der Waals surface area contributed by atoms with Crippen molar-refractivity contribution in [2.45, 2.75) is 0 Å². The van der Waals surface area contributed by atoms with E-state index in [9.17, 15) is 4.79 Å². The second-order valence-corrected chi connectivity index (χ2v) is 3.04. The van der Waals surface area contributed by atoms with E-state index in [4.69, 9.17) is 5.11 Å². The summed E-state index contributed by atoms with van der Waals surface area (Å²) in [6.45, 7) is 0. The Kier molecular flexibility index (Phi) is 2.67. The predicted molar refractivity (Wildman–Crippen MR) is 48.1 cm³/mol. The first-order valence-corrected chi connectivity index (χ1v) is 3.82. The lowest BCUT2D eigenvalue weighted by Gasteiger charge is -1.99. The summed E-state index contributed by atoms with van der Waals surface area (Å²) in [5, 5.41) is 8.70. The molecule has 1 aromatic carbocycles. The van der Waals surface area contributed by atoms with Crippen LogP contribution in [0.5, 0.6) is 0 Å². The third kappa shape index (κ3) is 1.75. The van der Waals surface area contributed by atoms with E-state index in [0.717, 1.165) is 3.35 Å². The molecule has 0 aliphatic heterocycles. The van der Waals surface area contributed by atoms with Gasteiger partial charge in [-0.25, -0.2) is 8.15 Å². The Balaban J connectivity index is 3.27. The Morgan fingerprint density at radius 3 is 2.50 bits per heavy atom. The van der Waals surface area contributed by atoms with Crippen LogP contribution in [0.25, 0.3) is 0 Å². The highest BCUT2D eigenvalue weighted by atomic mass is 32.2. The van der Waals surface area contributed by atoms with Gasteiger partial charge in [-0.1, -0.05) is 37.4 Å². The second kappa shape index (κ2) is 3.55. The van der Waals surface area contributed by atoms with Crippen LogP contribution in [-0.4, -0.2) is 14.4 Å². The molecule has 0 saturated heterocycles. The van der Waals surface area contributed by atoms with Gasteiger partial charge in [0, 0.05) is 6.07 Å². The number of hydrogen-bond donors (Lipinski definition) is 1. The number of carboxylic acids is 1. The van der Waals surface area contributed by atoms with Crippen LogP contribution >= 0.6 is 0 Å². The number of carbonyl (C=O) groups is 1. The molecular formula is C7H5NO2S2. The molecule has 0 spiro atoms. The monoisotopic (exact) mass is 199 g/mol. The van der Waals surface area contributed by atoms with E-state index in [1.807, 2.05) is 0 Å². The standard InChI is InChI=1S/C7H5NO2S2/c9-7(10)5-3-1-2-4-6(5)8(11)12/h1-4H,(H,9,10). The fourth-order valence-corrected chi connectivity index (χ4v) is 1.13. The summed E-state index contributed by atoms with van der Waals surface area (Å²) in [5.74, 6) is -1.02. The normalized spacial score (nSPS) is 9.33. The molecule has 1 aromatic rings. The maximum absolute atomic E-state index is 10.6. The van der Waals surface area contributed by atoms with Gasteiger partial charge < -0.3 is 5.11 Å². The number of para-hydroxylation sites is 1. The fraction of sp³-hybridized carbons (Fsp3) is 0. The number of benzene rings is 1. The molecule has 0 aliphatic carbocycles. The van der Waals surface area contributed by atoms with Gasteiger partial charge >= 0.3 is 5.97 Å². The van der Waals surface area contributed by atoms with Crippen LogP contribution in [0.3, 0.4) is 0 Å². The summed E-state index contributed by atoms with van der Waals surface area (Å²) in [5.41, 5.74) is 0.484. The van der Waals surface area contributed by atoms with E-state index >= 15 is 0 Å². The molecule has 12 heavy (non-hydrogen) atoms. The Labute approximate surface area is 80.3 Å². The SMILES string of the molecule is O=C(O)c1ccccc1[N+](=S)[S-]. The highest BCUT2D eigenvalue weighted by Crippen LogP contribution is 2.16. The highest BCUT2D eigenvalue weighted by molar-refractivity contribution is 7.58. The zero-order valence-electron chi connectivity index (χ0n) is 5.93. The molecule has 0 radical (unpaired) electrons. The summed E-state index contributed by atoms with van der Waals surface area (Å²) in [7, 11) is 0. The van der Waals surface area contributed by atoms with Crippen molar-refractivity contribution in [1.82, 2.24) is 0 Å². The fourth-order valence-electron chi connectivity index (χ4n) is 0.814. The van der Waals surface area contributed by atoms with Crippen LogP contribution in [0.2, 0.25) is 0 Å². The van der Waals surface area contributed by atoms with Gasteiger partial charge in [0.25, 0.3) is 0 Å². The maximum Gasteiger partial charge on any atom is 0.342 e. The van der Waals surface area contributed by atoms with Gasteiger partial charge in [0.1, 0.15) is 5.56 Å². The molecule has 0 heterocycles. The van der Waals surface area contributed by atoms with Gasteiger partial charge in [-0.2, -0.15) is 0 Å². The molecule has 0 aromatic heterocycles. The summed E-state index contributed by atoms with van der Waals surface area (Å²) in [6.07, 6.45) is 0. The number of rotatable bonds is 2. The first kappa shape index (κ1) is 9.02. The van der Waals surface area contributed by atoms with Crippen LogP contribution < -0.4 is 0 Å². The van der Waals surface area contributed by atoms with Crippen molar-refractivity contribution < 1.29 is 13.3 Å². The maximum atomic E-state index is 10.6. The number of hydrogen-bond acceptors (Lipinski definition) is 3. The van der Waals surface area contributed by atoms with Gasteiger partial charge in [0.05, 0.1) is 0 Å². The summed E-state index contributed by atoms with van der Waals surface area (Å²) >= 11 is 9.27. The summed E-state index contributed by atoms with van der Waals surface area (Å²) in [4.78, 5) is 10.6. The van der Waals surface area contributed by atoms with Crippen LogP contribution in [0, 0.1) is 0 Å². The average molecular weight is 199 g/mol. The molecular weight excluding hydrogens is 194 g/mol. The minimum atomic E-state index is -1.02. The van der Waals surface area contributed by atoms with Gasteiger partial charge in [0.2, 0.25) is 5.69 Å². The molecule has 1 N–H and O–H groups in total. The van der Waals surface area contributed by atoms with Crippen LogP contribution in [0.15, 0.2) is 24.3 Å². The molecule has 0 fully saturated rings. The molecule has 0 saturated carbocycles. The van der Waals surface area contributed by atoms with Gasteiger partial charge in [-0.05, 0) is 6.07 Å². The van der Waals surface area contributed by atoms with Crippen molar-refractivity contribution in [3.63, 3.8) is 0 Å². The number of nitrogens with zero attached hydrogens (tertiary/aromatic N) is 1. The zero-order chi connectivity index (χ0) is 9.14. The van der Waals surface area contributed by atoms with Crippen molar-refractivity contribution in [1.29, 1.82) is 0 Å². The Morgan fingerprint density at radius 1 is 1.50 bits per heavy atom. The molecule has 3 nitrogen and oxygen atoms in total. The number of carboxylic acid groups (broad SMARTS) is 1. The van der Waals surface area contributed by atoms with Crippen molar-refractivity contribution >= 4 is 36.9 Å². The lowest BCUT2D eigenvalue weighted by atomic mass is 10.2. The average Bonchev–Trinajstić information content (AvgIpc) is 2.04. The largest absolute Gasteiger partial charge is 0.477 e. The Bertz CT molecular complexity index is 305. The quantitative estimate of drug-likeness (QED) is 0.574. The van der Waals surface area contributed by atoms with E-state index in [1.165, 1.54) is 6.07 Å². The van der Waals surface area contributed by atoms with Gasteiger partial charge in [-0.3, -0.25) is 0 Å². The highest BCUT2D eigenvalue weighted by Gasteiger charge is 2.13. The lowest BCUT2D eigenvalue weighted by Crippen LogP contribution is -2.01. The smallest absolute Gasteiger partial charge is 0.342 e. The van der Waals surface area contributed by atoms with Gasteiger partial charge in [0.15, 0.2) is 0 Å². The van der Waals surface area contributed by atoms with E-state index in [2.05, 4.69) is 25.2 Å². The topological polar surface area (TPSA) is 40.3 Å². The van der Waals surface area contributed by atoms with E-state index in [1.54, 1.807) is 18.2 Å². The third-order valence-electron chi connectivity index (χ3n) is 1.33. The Morgan fingerprint density at radius 2 is 2.08 bits per heavy atom.